The molecule has 0 spiro atoms. The lowest BCUT2D eigenvalue weighted by molar-refractivity contribution is 0.171. The van der Waals surface area contributed by atoms with Crippen LogP contribution in [0.3, 0.4) is 0 Å². The molecule has 1 atom stereocenters. The van der Waals surface area contributed by atoms with Crippen LogP contribution in [0.4, 0.5) is 10.1 Å². The van der Waals surface area contributed by atoms with Crippen molar-refractivity contribution in [2.75, 3.05) is 11.9 Å². The van der Waals surface area contributed by atoms with Crippen molar-refractivity contribution in [3.63, 3.8) is 0 Å². The van der Waals surface area contributed by atoms with Gasteiger partial charge in [0.25, 0.3) is 0 Å². The number of hydrogen-bond acceptors (Lipinski definition) is 2. The molecule has 2 rings (SSSR count). The molecule has 0 heterocycles. The third-order valence-corrected chi connectivity index (χ3v) is 3.77. The third kappa shape index (κ3) is 6.59. The van der Waals surface area contributed by atoms with Gasteiger partial charge in [0.15, 0.2) is 0 Å². The van der Waals surface area contributed by atoms with E-state index in [1.165, 1.54) is 30.5 Å². The van der Waals surface area contributed by atoms with Crippen LogP contribution in [0.5, 0.6) is 0 Å². The van der Waals surface area contributed by atoms with Crippen LogP contribution in [0, 0.1) is 5.82 Å². The maximum absolute atomic E-state index is 12.8. The molecule has 0 saturated heterocycles. The van der Waals surface area contributed by atoms with Gasteiger partial charge in [0.2, 0.25) is 0 Å². The smallest absolute Gasteiger partial charge is 0.123 e. The van der Waals surface area contributed by atoms with Crippen LogP contribution >= 0.6 is 12.4 Å². The first kappa shape index (κ1) is 19.5. The van der Waals surface area contributed by atoms with Gasteiger partial charge in [-0.15, -0.1) is 12.4 Å². The highest BCUT2D eigenvalue weighted by Crippen LogP contribution is 2.18. The Labute approximate surface area is 144 Å². The summed E-state index contributed by atoms with van der Waals surface area (Å²) in [6, 6.07) is 14.5. The molecule has 0 bridgehead atoms. The molecule has 2 nitrogen and oxygen atoms in total. The Bertz CT molecular complexity index is 557. The number of aryl methyl sites for hydroxylation is 1. The highest BCUT2D eigenvalue weighted by Gasteiger charge is 2.07. The Balaban J connectivity index is 0.00000264. The second-order valence-electron chi connectivity index (χ2n) is 5.58. The summed E-state index contributed by atoms with van der Waals surface area (Å²) in [5.74, 6) is -0.280. The van der Waals surface area contributed by atoms with Crippen LogP contribution in [0.15, 0.2) is 48.5 Å². The number of aliphatic hydroxyl groups is 1. The van der Waals surface area contributed by atoms with Gasteiger partial charge in [-0.05, 0) is 54.7 Å². The lowest BCUT2D eigenvalue weighted by atomic mass is 10.1. The predicted molar refractivity (Wildman–Crippen MR) is 96.8 cm³/mol. The van der Waals surface area contributed by atoms with Gasteiger partial charge in [0.1, 0.15) is 5.82 Å². The van der Waals surface area contributed by atoms with Crippen LogP contribution in [-0.4, -0.2) is 11.7 Å². The zero-order chi connectivity index (χ0) is 15.8. The van der Waals surface area contributed by atoms with Crippen molar-refractivity contribution in [3.8, 4) is 0 Å². The van der Waals surface area contributed by atoms with Gasteiger partial charge in [0.05, 0.1) is 6.10 Å². The number of halogens is 2. The Morgan fingerprint density at radius 1 is 1.04 bits per heavy atom. The quantitative estimate of drug-likeness (QED) is 0.700. The average Bonchev–Trinajstić information content (AvgIpc) is 2.54. The Morgan fingerprint density at radius 3 is 2.30 bits per heavy atom. The van der Waals surface area contributed by atoms with Gasteiger partial charge in [-0.3, -0.25) is 0 Å². The molecule has 0 fully saturated rings. The van der Waals surface area contributed by atoms with E-state index in [0.29, 0.717) is 13.0 Å². The fourth-order valence-corrected chi connectivity index (χ4v) is 2.37. The first-order valence-corrected chi connectivity index (χ1v) is 7.95. The van der Waals surface area contributed by atoms with Gasteiger partial charge in [-0.2, -0.15) is 0 Å². The standard InChI is InChI=1S/C19H24FNO.ClH/c1-2-3-4-15-5-11-18(12-6-15)21-14-13-19(22)16-7-9-17(20)10-8-16;/h5-12,19,21-22H,2-4,13-14H2,1H3;1H. The molecule has 0 aromatic heterocycles. The van der Waals surface area contributed by atoms with Crippen molar-refractivity contribution in [1.29, 1.82) is 0 Å². The monoisotopic (exact) mass is 337 g/mol. The maximum atomic E-state index is 12.8. The Morgan fingerprint density at radius 2 is 1.70 bits per heavy atom. The van der Waals surface area contributed by atoms with E-state index < -0.39 is 6.10 Å². The number of benzene rings is 2. The summed E-state index contributed by atoms with van der Waals surface area (Å²) in [4.78, 5) is 0. The van der Waals surface area contributed by atoms with Crippen molar-refractivity contribution in [2.24, 2.45) is 0 Å². The van der Waals surface area contributed by atoms with Crippen LogP contribution in [0.2, 0.25) is 0 Å². The van der Waals surface area contributed by atoms with Crippen LogP contribution in [0.1, 0.15) is 43.4 Å². The lowest BCUT2D eigenvalue weighted by Gasteiger charge is -2.12. The van der Waals surface area contributed by atoms with Crippen molar-refractivity contribution in [2.45, 2.75) is 38.7 Å². The number of unbranched alkanes of at least 4 members (excludes halogenated alkanes) is 1. The Hall–Kier alpha value is -1.58. The molecule has 0 aliphatic rings. The molecule has 2 aromatic rings. The van der Waals surface area contributed by atoms with E-state index in [1.807, 2.05) is 0 Å². The molecule has 2 aromatic carbocycles. The molecular weight excluding hydrogens is 313 g/mol. The molecule has 23 heavy (non-hydrogen) atoms. The molecule has 0 radical (unpaired) electrons. The predicted octanol–water partition coefficient (Wildman–Crippen LogP) is 5.13. The molecule has 0 saturated carbocycles. The highest BCUT2D eigenvalue weighted by atomic mass is 35.5. The summed E-state index contributed by atoms with van der Waals surface area (Å²) >= 11 is 0. The average molecular weight is 338 g/mol. The summed E-state index contributed by atoms with van der Waals surface area (Å²) in [7, 11) is 0. The summed E-state index contributed by atoms with van der Waals surface area (Å²) in [6.45, 7) is 2.87. The van der Waals surface area contributed by atoms with Crippen LogP contribution < -0.4 is 5.32 Å². The van der Waals surface area contributed by atoms with Gasteiger partial charge >= 0.3 is 0 Å². The van der Waals surface area contributed by atoms with E-state index in [-0.39, 0.29) is 18.2 Å². The summed E-state index contributed by atoms with van der Waals surface area (Å²) in [6.07, 6.45) is 3.57. The SMILES string of the molecule is CCCCc1ccc(NCCC(O)c2ccc(F)cc2)cc1.Cl. The van der Waals surface area contributed by atoms with E-state index in [9.17, 15) is 9.50 Å². The van der Waals surface area contributed by atoms with Gasteiger partial charge in [0, 0.05) is 12.2 Å². The van der Waals surface area contributed by atoms with Gasteiger partial charge < -0.3 is 10.4 Å². The fraction of sp³-hybridized carbons (Fsp3) is 0.368. The summed E-state index contributed by atoms with van der Waals surface area (Å²) in [5, 5.41) is 13.4. The summed E-state index contributed by atoms with van der Waals surface area (Å²) in [5.41, 5.74) is 3.17. The zero-order valence-electron chi connectivity index (χ0n) is 13.5. The highest BCUT2D eigenvalue weighted by molar-refractivity contribution is 5.85. The number of anilines is 1. The van der Waals surface area contributed by atoms with Crippen molar-refractivity contribution in [3.05, 3.63) is 65.5 Å². The van der Waals surface area contributed by atoms with E-state index in [4.69, 9.17) is 0 Å². The maximum Gasteiger partial charge on any atom is 0.123 e. The van der Waals surface area contributed by atoms with Crippen LogP contribution in [0.25, 0.3) is 0 Å². The van der Waals surface area contributed by atoms with Crippen molar-refractivity contribution < 1.29 is 9.50 Å². The minimum atomic E-state index is -0.572. The second-order valence-corrected chi connectivity index (χ2v) is 5.58. The zero-order valence-corrected chi connectivity index (χ0v) is 14.3. The lowest BCUT2D eigenvalue weighted by Crippen LogP contribution is -2.07. The van der Waals surface area contributed by atoms with E-state index in [1.54, 1.807) is 12.1 Å². The van der Waals surface area contributed by atoms with E-state index in [0.717, 1.165) is 17.7 Å². The van der Waals surface area contributed by atoms with Crippen molar-refractivity contribution >= 4 is 18.1 Å². The molecule has 2 N–H and O–H groups in total. The van der Waals surface area contributed by atoms with Gasteiger partial charge in [-0.25, -0.2) is 4.39 Å². The number of rotatable bonds is 8. The number of hydrogen-bond donors (Lipinski definition) is 2. The van der Waals surface area contributed by atoms with Crippen molar-refractivity contribution in [1.82, 2.24) is 0 Å². The van der Waals surface area contributed by atoms with Crippen LogP contribution in [-0.2, 0) is 6.42 Å². The molecular formula is C19H25ClFNO. The number of nitrogens with one attached hydrogen (secondary N) is 1. The fourth-order valence-electron chi connectivity index (χ4n) is 2.37. The topological polar surface area (TPSA) is 32.3 Å². The second kappa shape index (κ2) is 10.2. The molecule has 4 heteroatoms. The molecule has 0 amide bonds. The normalized spacial score (nSPS) is 11.6. The Kier molecular flexibility index (Phi) is 8.67. The first-order valence-electron chi connectivity index (χ1n) is 7.95. The van der Waals surface area contributed by atoms with Gasteiger partial charge in [-0.1, -0.05) is 37.6 Å². The third-order valence-electron chi connectivity index (χ3n) is 3.77. The first-order chi connectivity index (χ1) is 10.7. The molecule has 126 valence electrons. The molecule has 1 unspecified atom stereocenters. The molecule has 0 aliphatic heterocycles. The molecule has 0 aliphatic carbocycles. The minimum Gasteiger partial charge on any atom is -0.388 e. The van der Waals surface area contributed by atoms with E-state index >= 15 is 0 Å². The summed E-state index contributed by atoms with van der Waals surface area (Å²) < 4.78 is 12.8. The minimum absolute atomic E-state index is 0. The largest absolute Gasteiger partial charge is 0.388 e. The van der Waals surface area contributed by atoms with E-state index in [2.05, 4.69) is 36.5 Å². The number of aliphatic hydroxyl groups excluding tert-OH is 1.